The summed E-state index contributed by atoms with van der Waals surface area (Å²) in [6.07, 6.45) is 3.04. The molecule has 0 amide bonds. The van der Waals surface area contributed by atoms with Gasteiger partial charge in [-0.05, 0) is 33.1 Å². The maximum absolute atomic E-state index is 11.6. The van der Waals surface area contributed by atoms with Gasteiger partial charge in [0.05, 0.1) is 5.41 Å². The number of carbonyl (C=O) groups is 3. The second-order valence-electron chi connectivity index (χ2n) is 5.31. The van der Waals surface area contributed by atoms with Gasteiger partial charge in [-0.3, -0.25) is 14.4 Å². The molecule has 110 valence electrons. The molecule has 1 N–H and O–H groups in total. The summed E-state index contributed by atoms with van der Waals surface area (Å²) in [6, 6.07) is 0. The van der Waals surface area contributed by atoms with E-state index in [1.54, 1.807) is 13.8 Å². The van der Waals surface area contributed by atoms with Crippen LogP contribution in [0.15, 0.2) is 0 Å². The third-order valence-corrected chi connectivity index (χ3v) is 3.15. The van der Waals surface area contributed by atoms with E-state index >= 15 is 0 Å². The zero-order chi connectivity index (χ0) is 14.9. The third-order valence-electron chi connectivity index (χ3n) is 3.15. The Hall–Kier alpha value is -1.39. The fourth-order valence-corrected chi connectivity index (χ4v) is 1.33. The van der Waals surface area contributed by atoms with Gasteiger partial charge in [-0.25, -0.2) is 0 Å². The van der Waals surface area contributed by atoms with E-state index in [1.165, 1.54) is 0 Å². The van der Waals surface area contributed by atoms with Crippen molar-refractivity contribution in [1.82, 2.24) is 0 Å². The molecule has 0 bridgehead atoms. The predicted molar refractivity (Wildman–Crippen MR) is 70.8 cm³/mol. The quantitative estimate of drug-likeness (QED) is 0.488. The molecule has 0 heterocycles. The minimum absolute atomic E-state index is 0.115. The van der Waals surface area contributed by atoms with Crippen LogP contribution in [0.2, 0.25) is 0 Å². The van der Waals surface area contributed by atoms with Gasteiger partial charge < -0.3 is 9.84 Å². The summed E-state index contributed by atoms with van der Waals surface area (Å²) in [6.45, 7) is 5.28. The Morgan fingerprint density at radius 2 is 1.63 bits per heavy atom. The Morgan fingerprint density at radius 1 is 1.05 bits per heavy atom. The number of aliphatic carboxylic acids is 1. The van der Waals surface area contributed by atoms with Crippen LogP contribution in [0.4, 0.5) is 0 Å². The van der Waals surface area contributed by atoms with Crippen LogP contribution in [0.1, 0.15) is 59.3 Å². The Labute approximate surface area is 114 Å². The van der Waals surface area contributed by atoms with Crippen molar-refractivity contribution >= 4 is 17.7 Å². The van der Waals surface area contributed by atoms with E-state index in [2.05, 4.69) is 0 Å². The number of ether oxygens (including phenoxy) is 1. The summed E-state index contributed by atoms with van der Waals surface area (Å²) < 4.78 is 4.97. The van der Waals surface area contributed by atoms with Crippen LogP contribution < -0.4 is 0 Å². The second-order valence-corrected chi connectivity index (χ2v) is 5.31. The molecule has 0 atom stereocenters. The molecule has 0 saturated heterocycles. The molecule has 0 spiro atoms. The highest BCUT2D eigenvalue weighted by Crippen LogP contribution is 2.21. The maximum Gasteiger partial charge on any atom is 0.311 e. The minimum Gasteiger partial charge on any atom is -0.481 e. The summed E-state index contributed by atoms with van der Waals surface area (Å²) in [7, 11) is 0. The predicted octanol–water partition coefficient (Wildman–Crippen LogP) is 2.57. The highest BCUT2D eigenvalue weighted by molar-refractivity contribution is 5.83. The molecule has 5 nitrogen and oxygen atoms in total. The zero-order valence-electron chi connectivity index (χ0n) is 12.0. The molecular weight excluding hydrogens is 248 g/mol. The number of hydrogen-bond acceptors (Lipinski definition) is 4. The SMILES string of the molecule is CCC(C)(C)C(=O)OCC(=O)CCCCCC(=O)O. The Bertz CT molecular complexity index is 320. The molecule has 0 aliphatic carbocycles. The minimum atomic E-state index is -0.818. The number of carbonyl (C=O) groups excluding carboxylic acids is 2. The van der Waals surface area contributed by atoms with Gasteiger partial charge in [0.1, 0.15) is 6.61 Å². The summed E-state index contributed by atoms with van der Waals surface area (Å²) in [5.41, 5.74) is -0.554. The van der Waals surface area contributed by atoms with E-state index in [0.29, 0.717) is 32.1 Å². The Kier molecular flexibility index (Phi) is 8.03. The summed E-state index contributed by atoms with van der Waals surface area (Å²) >= 11 is 0. The zero-order valence-corrected chi connectivity index (χ0v) is 12.0. The van der Waals surface area contributed by atoms with Gasteiger partial charge in [-0.1, -0.05) is 13.3 Å². The highest BCUT2D eigenvalue weighted by Gasteiger charge is 2.27. The molecule has 0 radical (unpaired) electrons. The number of unbranched alkanes of at least 4 members (excludes halogenated alkanes) is 2. The van der Waals surface area contributed by atoms with E-state index < -0.39 is 11.4 Å². The van der Waals surface area contributed by atoms with Gasteiger partial charge in [0, 0.05) is 12.8 Å². The van der Waals surface area contributed by atoms with Crippen LogP contribution in [0.25, 0.3) is 0 Å². The molecule has 0 aliphatic heterocycles. The van der Waals surface area contributed by atoms with E-state index in [9.17, 15) is 14.4 Å². The van der Waals surface area contributed by atoms with Gasteiger partial charge in [-0.15, -0.1) is 0 Å². The highest BCUT2D eigenvalue weighted by atomic mass is 16.5. The molecule has 0 fully saturated rings. The maximum atomic E-state index is 11.6. The van der Waals surface area contributed by atoms with Gasteiger partial charge >= 0.3 is 11.9 Å². The monoisotopic (exact) mass is 272 g/mol. The van der Waals surface area contributed by atoms with Crippen LogP contribution >= 0.6 is 0 Å². The molecule has 0 aliphatic rings. The van der Waals surface area contributed by atoms with Crippen molar-refractivity contribution in [1.29, 1.82) is 0 Å². The van der Waals surface area contributed by atoms with Crippen molar-refractivity contribution in [2.75, 3.05) is 6.61 Å². The van der Waals surface area contributed by atoms with Crippen LogP contribution in [-0.2, 0) is 19.1 Å². The van der Waals surface area contributed by atoms with Crippen molar-refractivity contribution < 1.29 is 24.2 Å². The summed E-state index contributed by atoms with van der Waals surface area (Å²) in [5, 5.41) is 8.44. The lowest BCUT2D eigenvalue weighted by molar-refractivity contribution is -0.157. The van der Waals surface area contributed by atoms with Gasteiger partial charge in [0.25, 0.3) is 0 Å². The normalized spacial score (nSPS) is 11.1. The molecule has 0 unspecified atom stereocenters. The Morgan fingerprint density at radius 3 is 2.16 bits per heavy atom. The molecule has 0 aromatic heterocycles. The molecule has 0 aromatic carbocycles. The number of esters is 1. The first-order valence-electron chi connectivity index (χ1n) is 6.70. The lowest BCUT2D eigenvalue weighted by atomic mass is 9.91. The van der Waals surface area contributed by atoms with Crippen molar-refractivity contribution in [3.05, 3.63) is 0 Å². The van der Waals surface area contributed by atoms with Crippen molar-refractivity contribution in [2.24, 2.45) is 5.41 Å². The topological polar surface area (TPSA) is 80.7 Å². The first-order chi connectivity index (χ1) is 8.79. The fraction of sp³-hybridized carbons (Fsp3) is 0.786. The molecule has 19 heavy (non-hydrogen) atoms. The summed E-state index contributed by atoms with van der Waals surface area (Å²) in [4.78, 5) is 33.3. The third kappa shape index (κ3) is 8.35. The van der Waals surface area contributed by atoms with Crippen LogP contribution in [0.3, 0.4) is 0 Å². The van der Waals surface area contributed by atoms with E-state index in [4.69, 9.17) is 9.84 Å². The van der Waals surface area contributed by atoms with Gasteiger partial charge in [0.2, 0.25) is 0 Å². The number of carboxylic acids is 1. The molecule has 0 aromatic rings. The molecule has 0 saturated carbocycles. The summed E-state index contributed by atoms with van der Waals surface area (Å²) in [5.74, 6) is -1.29. The first-order valence-corrected chi connectivity index (χ1v) is 6.70. The van der Waals surface area contributed by atoms with E-state index in [0.717, 1.165) is 0 Å². The van der Waals surface area contributed by atoms with E-state index in [-0.39, 0.29) is 24.8 Å². The average Bonchev–Trinajstić information content (AvgIpc) is 2.34. The van der Waals surface area contributed by atoms with Gasteiger partial charge in [0.15, 0.2) is 5.78 Å². The number of hydrogen-bond donors (Lipinski definition) is 1. The second kappa shape index (κ2) is 8.67. The lowest BCUT2D eigenvalue weighted by Crippen LogP contribution is -2.27. The largest absolute Gasteiger partial charge is 0.481 e. The molecular formula is C14H24O5. The fourth-order valence-electron chi connectivity index (χ4n) is 1.33. The standard InChI is InChI=1S/C14H24O5/c1-4-14(2,3)13(18)19-10-11(15)8-6-5-7-9-12(16)17/h4-10H2,1-3H3,(H,16,17). The number of rotatable bonds is 10. The average molecular weight is 272 g/mol. The molecule has 0 rings (SSSR count). The number of carboxylic acid groups (broad SMARTS) is 1. The first kappa shape index (κ1) is 17.6. The molecule has 5 heteroatoms. The number of ketones is 1. The van der Waals surface area contributed by atoms with Crippen molar-refractivity contribution in [3.8, 4) is 0 Å². The van der Waals surface area contributed by atoms with Crippen LogP contribution in [-0.4, -0.2) is 29.4 Å². The smallest absolute Gasteiger partial charge is 0.311 e. The lowest BCUT2D eigenvalue weighted by Gasteiger charge is -2.19. The van der Waals surface area contributed by atoms with Gasteiger partial charge in [-0.2, -0.15) is 0 Å². The Balaban J connectivity index is 3.71. The van der Waals surface area contributed by atoms with Crippen LogP contribution in [0.5, 0.6) is 0 Å². The van der Waals surface area contributed by atoms with Crippen molar-refractivity contribution in [2.45, 2.75) is 59.3 Å². The van der Waals surface area contributed by atoms with E-state index in [1.807, 2.05) is 6.92 Å². The number of Topliss-reactive ketones (excluding diaryl/α,β-unsaturated/α-hetero) is 1. The van der Waals surface area contributed by atoms with Crippen LogP contribution in [0, 0.1) is 5.41 Å². The van der Waals surface area contributed by atoms with Crippen molar-refractivity contribution in [3.63, 3.8) is 0 Å².